The van der Waals surface area contributed by atoms with E-state index in [0.29, 0.717) is 0 Å². The van der Waals surface area contributed by atoms with Crippen LogP contribution in [-0.4, -0.2) is 13.1 Å². The summed E-state index contributed by atoms with van der Waals surface area (Å²) < 4.78 is 0. The van der Waals surface area contributed by atoms with Gasteiger partial charge in [0.05, 0.1) is 0 Å². The molecule has 0 amide bonds. The summed E-state index contributed by atoms with van der Waals surface area (Å²) >= 11 is 0. The average Bonchev–Trinajstić information content (AvgIpc) is 1.91. The van der Waals surface area contributed by atoms with Crippen LogP contribution in [0.1, 0.15) is 19.3 Å². The highest BCUT2D eigenvalue weighted by molar-refractivity contribution is 4.88. The second-order valence-electron chi connectivity index (χ2n) is 2.52. The molecule has 1 saturated heterocycles. The molecular formula is C8H12N. The van der Waals surface area contributed by atoms with Crippen LogP contribution in [0.15, 0.2) is 0 Å². The molecule has 0 unspecified atom stereocenters. The quantitative estimate of drug-likeness (QED) is 0.461. The van der Waals surface area contributed by atoms with Gasteiger partial charge in [-0.3, -0.25) is 0 Å². The number of hydrogen-bond acceptors (Lipinski definition) is 0. The minimum atomic E-state index is 0.771. The number of rotatable bonds is 1. The maximum Gasteiger partial charge on any atom is 0.0136 e. The van der Waals surface area contributed by atoms with Crippen molar-refractivity contribution < 1.29 is 0 Å². The number of nitrogens with zero attached hydrogens (tertiary/aromatic N) is 1. The van der Waals surface area contributed by atoms with Crippen molar-refractivity contribution in [3.05, 3.63) is 0 Å². The second kappa shape index (κ2) is 3.53. The van der Waals surface area contributed by atoms with Crippen molar-refractivity contribution in [1.29, 1.82) is 0 Å². The van der Waals surface area contributed by atoms with E-state index in [1.165, 1.54) is 12.8 Å². The lowest BCUT2D eigenvalue weighted by molar-refractivity contribution is 0.376. The molecule has 1 heterocycles. The Morgan fingerprint density at radius 1 is 1.44 bits per heavy atom. The molecule has 0 aromatic rings. The topological polar surface area (TPSA) is 14.1 Å². The van der Waals surface area contributed by atoms with Crippen molar-refractivity contribution in [3.8, 4) is 12.3 Å². The fraction of sp³-hybridized carbons (Fsp3) is 0.750. The Hall–Kier alpha value is -0.480. The van der Waals surface area contributed by atoms with E-state index in [9.17, 15) is 0 Å². The van der Waals surface area contributed by atoms with Gasteiger partial charge in [0, 0.05) is 19.5 Å². The van der Waals surface area contributed by atoms with Gasteiger partial charge in [-0.2, -0.15) is 0 Å². The minimum absolute atomic E-state index is 0.771. The van der Waals surface area contributed by atoms with Crippen molar-refractivity contribution in [3.63, 3.8) is 0 Å². The van der Waals surface area contributed by atoms with E-state index in [1.807, 2.05) is 0 Å². The van der Waals surface area contributed by atoms with Crippen molar-refractivity contribution in [2.24, 2.45) is 5.92 Å². The van der Waals surface area contributed by atoms with Crippen LogP contribution in [0, 0.1) is 18.3 Å². The summed E-state index contributed by atoms with van der Waals surface area (Å²) in [4.78, 5) is 0. The predicted octanol–water partition coefficient (Wildman–Crippen LogP) is 1.02. The van der Waals surface area contributed by atoms with Crippen LogP contribution in [0.4, 0.5) is 0 Å². The molecule has 1 fully saturated rings. The molecule has 1 rings (SSSR count). The van der Waals surface area contributed by atoms with Crippen LogP contribution in [-0.2, 0) is 0 Å². The van der Waals surface area contributed by atoms with E-state index >= 15 is 0 Å². The lowest BCUT2D eigenvalue weighted by Crippen LogP contribution is -2.21. The van der Waals surface area contributed by atoms with Crippen LogP contribution < -0.4 is 5.32 Å². The fourth-order valence-electron chi connectivity index (χ4n) is 1.17. The Balaban J connectivity index is 2.17. The molecule has 49 valence electrons. The third kappa shape index (κ3) is 2.07. The fourth-order valence-corrected chi connectivity index (χ4v) is 1.17. The normalized spacial score (nSPS) is 21.2. The summed E-state index contributed by atoms with van der Waals surface area (Å²) in [7, 11) is 0. The first-order valence-electron chi connectivity index (χ1n) is 3.50. The van der Waals surface area contributed by atoms with E-state index in [-0.39, 0.29) is 0 Å². The van der Waals surface area contributed by atoms with E-state index in [4.69, 9.17) is 6.42 Å². The second-order valence-corrected chi connectivity index (χ2v) is 2.52. The maximum atomic E-state index is 5.18. The van der Waals surface area contributed by atoms with Crippen molar-refractivity contribution in [2.75, 3.05) is 13.1 Å². The number of piperidine rings is 1. The van der Waals surface area contributed by atoms with Crippen LogP contribution in [0.25, 0.3) is 0 Å². The molecule has 0 saturated carbocycles. The van der Waals surface area contributed by atoms with Crippen molar-refractivity contribution in [2.45, 2.75) is 19.3 Å². The molecule has 1 radical (unpaired) electrons. The molecule has 1 aliphatic heterocycles. The molecule has 0 bridgehead atoms. The van der Waals surface area contributed by atoms with E-state index in [0.717, 1.165) is 25.4 Å². The Labute approximate surface area is 56.8 Å². The predicted molar refractivity (Wildman–Crippen MR) is 38.0 cm³/mol. The minimum Gasteiger partial charge on any atom is -0.242 e. The van der Waals surface area contributed by atoms with E-state index in [2.05, 4.69) is 11.2 Å². The Kier molecular flexibility index (Phi) is 2.60. The summed E-state index contributed by atoms with van der Waals surface area (Å²) in [5.41, 5.74) is 0. The summed E-state index contributed by atoms with van der Waals surface area (Å²) in [5, 5.41) is 4.24. The van der Waals surface area contributed by atoms with Crippen LogP contribution in [0.3, 0.4) is 0 Å². The third-order valence-corrected chi connectivity index (χ3v) is 1.80. The molecule has 1 aliphatic rings. The molecule has 0 atom stereocenters. The lowest BCUT2D eigenvalue weighted by Gasteiger charge is -2.18. The number of hydrogen-bond donors (Lipinski definition) is 0. The molecule has 0 aromatic carbocycles. The molecular weight excluding hydrogens is 110 g/mol. The van der Waals surface area contributed by atoms with Gasteiger partial charge in [-0.05, 0) is 18.8 Å². The first-order chi connectivity index (χ1) is 4.43. The zero-order valence-corrected chi connectivity index (χ0v) is 5.64. The van der Waals surface area contributed by atoms with Crippen molar-refractivity contribution >= 4 is 0 Å². The van der Waals surface area contributed by atoms with Gasteiger partial charge in [-0.1, -0.05) is 0 Å². The van der Waals surface area contributed by atoms with Crippen LogP contribution in [0.2, 0.25) is 0 Å². The van der Waals surface area contributed by atoms with Gasteiger partial charge in [0.2, 0.25) is 0 Å². The third-order valence-electron chi connectivity index (χ3n) is 1.80. The summed E-state index contributed by atoms with van der Waals surface area (Å²) in [5.74, 6) is 3.47. The summed E-state index contributed by atoms with van der Waals surface area (Å²) in [6, 6.07) is 0. The SMILES string of the molecule is C#CCC1CC[N]CC1. The van der Waals surface area contributed by atoms with E-state index in [1.54, 1.807) is 0 Å². The molecule has 9 heavy (non-hydrogen) atoms. The standard InChI is InChI=1S/C8H12N/c1-2-3-8-4-6-9-7-5-8/h1,8H,3-7H2. The summed E-state index contributed by atoms with van der Waals surface area (Å²) in [6.07, 6.45) is 8.56. The highest BCUT2D eigenvalue weighted by atomic mass is 14.9. The van der Waals surface area contributed by atoms with Gasteiger partial charge in [0.15, 0.2) is 0 Å². The maximum absolute atomic E-state index is 5.18. The average molecular weight is 122 g/mol. The van der Waals surface area contributed by atoms with Crippen LogP contribution in [0.5, 0.6) is 0 Å². The molecule has 0 aliphatic carbocycles. The zero-order chi connectivity index (χ0) is 6.53. The van der Waals surface area contributed by atoms with Gasteiger partial charge in [0.1, 0.15) is 0 Å². The Bertz CT molecular complexity index is 106. The first kappa shape index (κ1) is 6.64. The van der Waals surface area contributed by atoms with Gasteiger partial charge in [-0.15, -0.1) is 12.3 Å². The lowest BCUT2D eigenvalue weighted by atomic mass is 9.95. The molecule has 0 spiro atoms. The molecule has 0 N–H and O–H groups in total. The van der Waals surface area contributed by atoms with E-state index < -0.39 is 0 Å². The molecule has 0 aromatic heterocycles. The smallest absolute Gasteiger partial charge is 0.0136 e. The highest BCUT2D eigenvalue weighted by Gasteiger charge is 2.11. The number of terminal acetylenes is 1. The van der Waals surface area contributed by atoms with Crippen LogP contribution >= 0.6 is 0 Å². The Morgan fingerprint density at radius 2 is 2.11 bits per heavy atom. The first-order valence-corrected chi connectivity index (χ1v) is 3.50. The van der Waals surface area contributed by atoms with Gasteiger partial charge < -0.3 is 0 Å². The summed E-state index contributed by atoms with van der Waals surface area (Å²) in [6.45, 7) is 2.07. The molecule has 1 nitrogen and oxygen atoms in total. The highest BCUT2D eigenvalue weighted by Crippen LogP contribution is 2.14. The largest absolute Gasteiger partial charge is 0.242 e. The molecule has 1 heteroatoms. The van der Waals surface area contributed by atoms with Crippen molar-refractivity contribution in [1.82, 2.24) is 5.32 Å². The van der Waals surface area contributed by atoms with Gasteiger partial charge >= 0.3 is 0 Å². The van der Waals surface area contributed by atoms with Gasteiger partial charge in [-0.25, -0.2) is 5.32 Å². The zero-order valence-electron chi connectivity index (χ0n) is 5.64. The Morgan fingerprint density at radius 3 is 2.67 bits per heavy atom. The monoisotopic (exact) mass is 122 g/mol. The van der Waals surface area contributed by atoms with Gasteiger partial charge in [0.25, 0.3) is 0 Å².